The lowest BCUT2D eigenvalue weighted by Crippen LogP contribution is -2.59. The fourth-order valence-corrected chi connectivity index (χ4v) is 4.87. The van der Waals surface area contributed by atoms with Gasteiger partial charge in [-0.25, -0.2) is 8.42 Å². The highest BCUT2D eigenvalue weighted by Crippen LogP contribution is 2.26. The third kappa shape index (κ3) is 3.09. The summed E-state index contributed by atoms with van der Waals surface area (Å²) in [7, 11) is -3.61. The van der Waals surface area contributed by atoms with Gasteiger partial charge in [-0.1, -0.05) is 23.7 Å². The number of benzene rings is 2. The van der Waals surface area contributed by atoms with Crippen LogP contribution in [0.2, 0.25) is 5.02 Å². The highest BCUT2D eigenvalue weighted by atomic mass is 35.5. The molecule has 0 aliphatic carbocycles. The summed E-state index contributed by atoms with van der Waals surface area (Å²) in [5.41, 5.74) is 0. The van der Waals surface area contributed by atoms with Crippen LogP contribution in [0.3, 0.4) is 0 Å². The molecule has 2 N–H and O–H groups in total. The van der Waals surface area contributed by atoms with Crippen molar-refractivity contribution in [1.29, 1.82) is 0 Å². The van der Waals surface area contributed by atoms with Crippen LogP contribution in [-0.2, 0) is 10.0 Å². The number of hydrogen-bond donors (Lipinski definition) is 2. The molecular weight excluding hydrogens is 336 g/mol. The number of nitrogens with one attached hydrogen (secondary N) is 1. The summed E-state index contributed by atoms with van der Waals surface area (Å²) in [6, 6.07) is 9.86. The zero-order chi connectivity index (χ0) is 16.6. The summed E-state index contributed by atoms with van der Waals surface area (Å²) >= 11 is 5.96. The number of fused-ring (bicyclic) bond motifs is 1. The molecule has 0 aromatic heterocycles. The largest absolute Gasteiger partial charge is 0.395 e. The molecule has 1 aliphatic rings. The molecule has 5 nitrogen and oxygen atoms in total. The minimum absolute atomic E-state index is 0.0938. The van der Waals surface area contributed by atoms with Crippen LogP contribution < -0.4 is 5.32 Å². The van der Waals surface area contributed by atoms with Crippen LogP contribution in [0, 0.1) is 0 Å². The van der Waals surface area contributed by atoms with Crippen LogP contribution in [0.4, 0.5) is 0 Å². The van der Waals surface area contributed by atoms with Crippen LogP contribution in [-0.4, -0.2) is 49.6 Å². The molecule has 23 heavy (non-hydrogen) atoms. The van der Waals surface area contributed by atoms with Crippen molar-refractivity contribution in [2.24, 2.45) is 0 Å². The molecule has 2 atom stereocenters. The Bertz CT molecular complexity index is 825. The molecule has 124 valence electrons. The number of nitrogens with zero attached hydrogens (tertiary/aromatic N) is 1. The van der Waals surface area contributed by atoms with Crippen LogP contribution >= 0.6 is 11.6 Å². The lowest BCUT2D eigenvalue weighted by atomic mass is 10.1. The number of aliphatic hydroxyl groups excluding tert-OH is 1. The minimum atomic E-state index is -3.61. The van der Waals surface area contributed by atoms with E-state index in [9.17, 15) is 13.5 Å². The van der Waals surface area contributed by atoms with Crippen molar-refractivity contribution in [2.75, 3.05) is 19.7 Å². The van der Waals surface area contributed by atoms with E-state index in [4.69, 9.17) is 11.6 Å². The molecule has 2 aromatic carbocycles. The third-order valence-corrected chi connectivity index (χ3v) is 6.57. The van der Waals surface area contributed by atoms with E-state index in [-0.39, 0.29) is 23.6 Å². The summed E-state index contributed by atoms with van der Waals surface area (Å²) < 4.78 is 27.4. The van der Waals surface area contributed by atoms with Crippen molar-refractivity contribution < 1.29 is 13.5 Å². The number of piperazine rings is 1. The smallest absolute Gasteiger partial charge is 0.243 e. The Morgan fingerprint density at radius 1 is 1.26 bits per heavy atom. The zero-order valence-electron chi connectivity index (χ0n) is 12.7. The first-order valence-electron chi connectivity index (χ1n) is 7.49. The fraction of sp³-hybridized carbons (Fsp3) is 0.375. The lowest BCUT2D eigenvalue weighted by molar-refractivity contribution is 0.151. The molecule has 0 saturated carbocycles. The highest BCUT2D eigenvalue weighted by molar-refractivity contribution is 7.89. The van der Waals surface area contributed by atoms with E-state index in [0.717, 1.165) is 10.8 Å². The number of rotatable bonds is 3. The van der Waals surface area contributed by atoms with Gasteiger partial charge in [0.15, 0.2) is 0 Å². The average molecular weight is 355 g/mol. The number of aliphatic hydroxyl groups is 1. The summed E-state index contributed by atoms with van der Waals surface area (Å²) in [6.07, 6.45) is 0. The molecule has 0 spiro atoms. The summed E-state index contributed by atoms with van der Waals surface area (Å²) in [5.74, 6) is 0. The summed E-state index contributed by atoms with van der Waals surface area (Å²) in [6.45, 7) is 2.63. The van der Waals surface area contributed by atoms with Crippen LogP contribution in [0.25, 0.3) is 10.8 Å². The van der Waals surface area contributed by atoms with Gasteiger partial charge >= 0.3 is 0 Å². The molecule has 2 unspecified atom stereocenters. The van der Waals surface area contributed by atoms with Gasteiger partial charge in [0.2, 0.25) is 10.0 Å². The van der Waals surface area contributed by atoms with Gasteiger partial charge in [-0.2, -0.15) is 4.31 Å². The maximum absolute atomic E-state index is 13.0. The quantitative estimate of drug-likeness (QED) is 0.882. The first kappa shape index (κ1) is 16.7. The Balaban J connectivity index is 2.00. The normalized spacial score (nSPS) is 23.3. The van der Waals surface area contributed by atoms with E-state index in [0.29, 0.717) is 18.1 Å². The molecule has 1 aliphatic heterocycles. The second kappa shape index (κ2) is 6.37. The first-order valence-corrected chi connectivity index (χ1v) is 9.30. The van der Waals surface area contributed by atoms with Gasteiger partial charge in [0.05, 0.1) is 11.5 Å². The van der Waals surface area contributed by atoms with Gasteiger partial charge in [0, 0.05) is 30.2 Å². The van der Waals surface area contributed by atoms with E-state index in [1.165, 1.54) is 4.31 Å². The predicted octanol–water partition coefficient (Wildman–Crippen LogP) is 1.84. The molecule has 2 aromatic rings. The van der Waals surface area contributed by atoms with Crippen LogP contribution in [0.15, 0.2) is 41.3 Å². The fourth-order valence-electron chi connectivity index (χ4n) is 2.98. The maximum Gasteiger partial charge on any atom is 0.243 e. The van der Waals surface area contributed by atoms with Crippen LogP contribution in [0.5, 0.6) is 0 Å². The van der Waals surface area contributed by atoms with E-state index in [1.54, 1.807) is 24.3 Å². The first-order chi connectivity index (χ1) is 10.9. The van der Waals surface area contributed by atoms with E-state index in [1.807, 2.05) is 19.1 Å². The van der Waals surface area contributed by atoms with Crippen molar-refractivity contribution >= 4 is 32.4 Å². The Labute approximate surface area is 140 Å². The van der Waals surface area contributed by atoms with Gasteiger partial charge < -0.3 is 10.4 Å². The van der Waals surface area contributed by atoms with E-state index in [2.05, 4.69) is 5.32 Å². The number of sulfonamides is 1. The van der Waals surface area contributed by atoms with Gasteiger partial charge in [0.1, 0.15) is 0 Å². The Kier molecular flexibility index (Phi) is 4.62. The number of hydrogen-bond acceptors (Lipinski definition) is 4. The van der Waals surface area contributed by atoms with Crippen molar-refractivity contribution in [2.45, 2.75) is 23.9 Å². The summed E-state index contributed by atoms with van der Waals surface area (Å²) in [4.78, 5) is 0.262. The molecule has 1 saturated heterocycles. The second-order valence-electron chi connectivity index (χ2n) is 5.75. The topological polar surface area (TPSA) is 69.6 Å². The zero-order valence-corrected chi connectivity index (χ0v) is 14.3. The third-order valence-electron chi connectivity index (χ3n) is 4.35. The highest BCUT2D eigenvalue weighted by Gasteiger charge is 2.35. The maximum atomic E-state index is 13.0. The molecular formula is C16H19ClN2O3S. The average Bonchev–Trinajstić information content (AvgIpc) is 2.54. The van der Waals surface area contributed by atoms with E-state index < -0.39 is 10.0 Å². The van der Waals surface area contributed by atoms with Gasteiger partial charge in [-0.3, -0.25) is 0 Å². The molecule has 0 radical (unpaired) electrons. The second-order valence-corrected chi connectivity index (χ2v) is 8.08. The molecule has 0 bridgehead atoms. The van der Waals surface area contributed by atoms with Gasteiger partial charge in [0.25, 0.3) is 0 Å². The standard InChI is InChI=1S/C16H19ClN2O3S/c1-11-16(10-20)18-6-7-19(11)23(21,22)15-5-3-12-8-14(17)4-2-13(12)9-15/h2-5,8-9,11,16,18,20H,6-7,10H2,1H3. The SMILES string of the molecule is CC1C(CO)NCCN1S(=O)(=O)c1ccc2cc(Cl)ccc2c1. The van der Waals surface area contributed by atoms with E-state index >= 15 is 0 Å². The molecule has 1 fully saturated rings. The van der Waals surface area contributed by atoms with Crippen molar-refractivity contribution in [3.63, 3.8) is 0 Å². The van der Waals surface area contributed by atoms with Crippen molar-refractivity contribution in [1.82, 2.24) is 9.62 Å². The lowest BCUT2D eigenvalue weighted by Gasteiger charge is -2.38. The Morgan fingerprint density at radius 2 is 1.96 bits per heavy atom. The van der Waals surface area contributed by atoms with Gasteiger partial charge in [-0.05, 0) is 42.0 Å². The monoisotopic (exact) mass is 354 g/mol. The number of halogens is 1. The molecule has 3 rings (SSSR count). The molecule has 1 heterocycles. The Morgan fingerprint density at radius 3 is 2.70 bits per heavy atom. The summed E-state index contributed by atoms with van der Waals surface area (Å²) in [5, 5.41) is 14.9. The Hall–Kier alpha value is -1.18. The molecule has 0 amide bonds. The molecule has 7 heteroatoms. The van der Waals surface area contributed by atoms with Crippen LogP contribution in [0.1, 0.15) is 6.92 Å². The van der Waals surface area contributed by atoms with Crippen molar-refractivity contribution in [3.05, 3.63) is 41.4 Å². The predicted molar refractivity (Wildman–Crippen MR) is 91.2 cm³/mol. The minimum Gasteiger partial charge on any atom is -0.395 e. The van der Waals surface area contributed by atoms with Crippen molar-refractivity contribution in [3.8, 4) is 0 Å². The van der Waals surface area contributed by atoms with Gasteiger partial charge in [-0.15, -0.1) is 0 Å².